The van der Waals surface area contributed by atoms with Crippen LogP contribution >= 0.6 is 12.4 Å². The van der Waals surface area contributed by atoms with Crippen LogP contribution in [0.25, 0.3) is 0 Å². The Hall–Kier alpha value is -0.280. The molecule has 0 aromatic heterocycles. The van der Waals surface area contributed by atoms with Gasteiger partial charge < -0.3 is 10.0 Å². The van der Waals surface area contributed by atoms with Gasteiger partial charge in [0.1, 0.15) is 0 Å². The molecule has 0 aromatic rings. The van der Waals surface area contributed by atoms with E-state index in [9.17, 15) is 4.79 Å². The van der Waals surface area contributed by atoms with Gasteiger partial charge in [0.25, 0.3) is 0 Å². The number of carbonyl (C=O) groups is 1. The average molecular weight is 222 g/mol. The van der Waals surface area contributed by atoms with Crippen molar-refractivity contribution in [1.82, 2.24) is 4.90 Å². The molecular weight excluding hydrogens is 202 g/mol. The molecule has 0 saturated carbocycles. The van der Waals surface area contributed by atoms with Gasteiger partial charge in [0.15, 0.2) is 0 Å². The third-order valence-electron chi connectivity index (χ3n) is 2.59. The Morgan fingerprint density at radius 3 is 2.29 bits per heavy atom. The van der Waals surface area contributed by atoms with Gasteiger partial charge in [-0.3, -0.25) is 4.79 Å². The number of carboxylic acids is 1. The Kier molecular flexibility index (Phi) is 6.12. The van der Waals surface area contributed by atoms with Gasteiger partial charge in [0, 0.05) is 19.6 Å². The van der Waals surface area contributed by atoms with E-state index in [1.165, 1.54) is 6.42 Å². The summed E-state index contributed by atoms with van der Waals surface area (Å²) >= 11 is 0. The minimum absolute atomic E-state index is 0. The van der Waals surface area contributed by atoms with Gasteiger partial charge in [-0.2, -0.15) is 0 Å². The summed E-state index contributed by atoms with van der Waals surface area (Å²) in [5.74, 6) is 0.751. The number of piperidine rings is 1. The highest BCUT2D eigenvalue weighted by atomic mass is 35.5. The topological polar surface area (TPSA) is 40.5 Å². The fourth-order valence-electron chi connectivity index (χ4n) is 2.23. The second kappa shape index (κ2) is 6.25. The molecule has 2 atom stereocenters. The number of hydrogen-bond acceptors (Lipinski definition) is 2. The van der Waals surface area contributed by atoms with E-state index in [1.807, 2.05) is 0 Å². The highest BCUT2D eigenvalue weighted by molar-refractivity contribution is 5.85. The number of aliphatic carboxylic acids is 1. The molecule has 14 heavy (non-hydrogen) atoms. The Labute approximate surface area is 91.9 Å². The summed E-state index contributed by atoms with van der Waals surface area (Å²) in [6.07, 6.45) is 1.56. The molecule has 4 heteroatoms. The Morgan fingerprint density at radius 1 is 1.36 bits per heavy atom. The van der Waals surface area contributed by atoms with E-state index < -0.39 is 5.97 Å². The van der Waals surface area contributed by atoms with Crippen LogP contribution in [0.1, 0.15) is 26.7 Å². The van der Waals surface area contributed by atoms with Gasteiger partial charge in [0.05, 0.1) is 6.42 Å². The lowest BCUT2D eigenvalue weighted by molar-refractivity contribution is -0.137. The van der Waals surface area contributed by atoms with Gasteiger partial charge in [-0.1, -0.05) is 13.8 Å². The van der Waals surface area contributed by atoms with Crippen LogP contribution in [0.3, 0.4) is 0 Å². The van der Waals surface area contributed by atoms with Crippen LogP contribution in [0, 0.1) is 11.8 Å². The fraction of sp³-hybridized carbons (Fsp3) is 0.900. The predicted octanol–water partition coefficient (Wildman–Crippen LogP) is 1.86. The van der Waals surface area contributed by atoms with Crippen LogP contribution in [-0.4, -0.2) is 35.6 Å². The average Bonchev–Trinajstić information content (AvgIpc) is 1.99. The van der Waals surface area contributed by atoms with Crippen molar-refractivity contribution in [1.29, 1.82) is 0 Å². The molecule has 0 amide bonds. The molecule has 1 saturated heterocycles. The van der Waals surface area contributed by atoms with Gasteiger partial charge in [-0.25, -0.2) is 0 Å². The normalized spacial score (nSPS) is 28.1. The zero-order chi connectivity index (χ0) is 9.84. The minimum Gasteiger partial charge on any atom is -0.481 e. The van der Waals surface area contributed by atoms with Crippen LogP contribution in [0.2, 0.25) is 0 Å². The maximum absolute atomic E-state index is 10.4. The van der Waals surface area contributed by atoms with Crippen LogP contribution in [0.15, 0.2) is 0 Å². The van der Waals surface area contributed by atoms with E-state index in [0.29, 0.717) is 6.54 Å². The first-order valence-corrected chi connectivity index (χ1v) is 5.02. The lowest BCUT2D eigenvalue weighted by atomic mass is 9.92. The predicted molar refractivity (Wildman–Crippen MR) is 58.9 cm³/mol. The number of nitrogens with zero attached hydrogens (tertiary/aromatic N) is 1. The molecule has 1 rings (SSSR count). The van der Waals surface area contributed by atoms with Crippen LogP contribution in [-0.2, 0) is 4.79 Å². The van der Waals surface area contributed by atoms with Crippen molar-refractivity contribution in [2.75, 3.05) is 19.6 Å². The molecule has 84 valence electrons. The van der Waals surface area contributed by atoms with Crippen molar-refractivity contribution in [2.24, 2.45) is 11.8 Å². The zero-order valence-electron chi connectivity index (χ0n) is 8.90. The summed E-state index contributed by atoms with van der Waals surface area (Å²) < 4.78 is 0. The molecule has 0 bridgehead atoms. The van der Waals surface area contributed by atoms with E-state index in [2.05, 4.69) is 18.7 Å². The second-order valence-electron chi connectivity index (χ2n) is 4.35. The Balaban J connectivity index is 0.00000169. The molecule has 0 aromatic carbocycles. The molecule has 1 heterocycles. The van der Waals surface area contributed by atoms with E-state index in [1.54, 1.807) is 0 Å². The maximum atomic E-state index is 10.4. The van der Waals surface area contributed by atoms with Crippen molar-refractivity contribution < 1.29 is 9.90 Å². The minimum atomic E-state index is -0.689. The number of carboxylic acid groups (broad SMARTS) is 1. The summed E-state index contributed by atoms with van der Waals surface area (Å²) in [6, 6.07) is 0. The summed E-state index contributed by atoms with van der Waals surface area (Å²) in [4.78, 5) is 12.6. The summed E-state index contributed by atoms with van der Waals surface area (Å²) in [6.45, 7) is 7.33. The number of likely N-dealkylation sites (tertiary alicyclic amines) is 1. The van der Waals surface area contributed by atoms with E-state index in [4.69, 9.17) is 5.11 Å². The van der Waals surface area contributed by atoms with Crippen LogP contribution < -0.4 is 0 Å². The van der Waals surface area contributed by atoms with Crippen LogP contribution in [0.5, 0.6) is 0 Å². The highest BCUT2D eigenvalue weighted by Crippen LogP contribution is 2.20. The van der Waals surface area contributed by atoms with Crippen molar-refractivity contribution in [3.8, 4) is 0 Å². The fourth-order valence-corrected chi connectivity index (χ4v) is 2.23. The first-order chi connectivity index (χ1) is 6.08. The SMILES string of the molecule is CC1CC(C)CN(CCC(=O)O)C1.Cl. The van der Waals surface area contributed by atoms with Crippen molar-refractivity contribution in [2.45, 2.75) is 26.7 Å². The number of hydrogen-bond donors (Lipinski definition) is 1. The van der Waals surface area contributed by atoms with E-state index >= 15 is 0 Å². The summed E-state index contributed by atoms with van der Waals surface area (Å²) in [5.41, 5.74) is 0. The van der Waals surface area contributed by atoms with Gasteiger partial charge in [-0.05, 0) is 18.3 Å². The molecule has 0 spiro atoms. The Bertz CT molecular complexity index is 177. The summed E-state index contributed by atoms with van der Waals surface area (Å²) in [5, 5.41) is 8.55. The molecule has 2 unspecified atom stereocenters. The Morgan fingerprint density at radius 2 is 1.86 bits per heavy atom. The zero-order valence-corrected chi connectivity index (χ0v) is 9.72. The van der Waals surface area contributed by atoms with Gasteiger partial charge >= 0.3 is 5.97 Å². The van der Waals surface area contributed by atoms with Crippen LogP contribution in [0.4, 0.5) is 0 Å². The van der Waals surface area contributed by atoms with Gasteiger partial charge in [0.2, 0.25) is 0 Å². The number of halogens is 1. The molecule has 1 N–H and O–H groups in total. The molecule has 0 radical (unpaired) electrons. The lowest BCUT2D eigenvalue weighted by Crippen LogP contribution is -2.39. The molecular formula is C10H20ClNO2. The third-order valence-corrected chi connectivity index (χ3v) is 2.59. The standard InChI is InChI=1S/C10H19NO2.ClH/c1-8-5-9(2)7-11(6-8)4-3-10(12)13;/h8-9H,3-7H2,1-2H3,(H,12,13);1H. The van der Waals surface area contributed by atoms with Gasteiger partial charge in [-0.15, -0.1) is 12.4 Å². The molecule has 1 aliphatic heterocycles. The summed E-state index contributed by atoms with van der Waals surface area (Å²) in [7, 11) is 0. The monoisotopic (exact) mass is 221 g/mol. The highest BCUT2D eigenvalue weighted by Gasteiger charge is 2.21. The second-order valence-corrected chi connectivity index (χ2v) is 4.35. The quantitative estimate of drug-likeness (QED) is 0.791. The molecule has 1 fully saturated rings. The molecule has 3 nitrogen and oxygen atoms in total. The first kappa shape index (κ1) is 13.7. The van der Waals surface area contributed by atoms with E-state index in [-0.39, 0.29) is 18.8 Å². The van der Waals surface area contributed by atoms with Crippen molar-refractivity contribution in [3.63, 3.8) is 0 Å². The van der Waals surface area contributed by atoms with Crippen molar-refractivity contribution >= 4 is 18.4 Å². The first-order valence-electron chi connectivity index (χ1n) is 5.02. The third kappa shape index (κ3) is 4.82. The maximum Gasteiger partial charge on any atom is 0.304 e. The largest absolute Gasteiger partial charge is 0.481 e. The number of rotatable bonds is 3. The van der Waals surface area contributed by atoms with Crippen molar-refractivity contribution in [3.05, 3.63) is 0 Å². The lowest BCUT2D eigenvalue weighted by Gasteiger charge is -2.34. The molecule has 1 aliphatic rings. The smallest absolute Gasteiger partial charge is 0.304 e. The van der Waals surface area contributed by atoms with E-state index in [0.717, 1.165) is 24.9 Å². The molecule has 0 aliphatic carbocycles.